The van der Waals surface area contributed by atoms with Crippen molar-refractivity contribution in [2.45, 2.75) is 56.1 Å². The van der Waals surface area contributed by atoms with E-state index in [0.717, 1.165) is 17.7 Å². The first kappa shape index (κ1) is 27.6. The molecule has 5 rings (SSSR count). The number of hydrogen-bond donors (Lipinski definition) is 2. The van der Waals surface area contributed by atoms with Crippen molar-refractivity contribution in [2.24, 2.45) is 5.92 Å². The predicted octanol–water partition coefficient (Wildman–Crippen LogP) is 4.23. The first-order valence-electron chi connectivity index (χ1n) is 12.4. The van der Waals surface area contributed by atoms with E-state index in [1.54, 1.807) is 37.5 Å². The molecule has 35 heavy (non-hydrogen) atoms. The summed E-state index contributed by atoms with van der Waals surface area (Å²) in [5.41, 5.74) is 3.67. The Morgan fingerprint density at radius 2 is 1.83 bits per heavy atom. The summed E-state index contributed by atoms with van der Waals surface area (Å²) in [4.78, 5) is 2.63. The van der Waals surface area contributed by atoms with Crippen molar-refractivity contribution >= 4 is 12.4 Å². The average molecular weight is 506 g/mol. The van der Waals surface area contributed by atoms with Crippen molar-refractivity contribution in [1.82, 2.24) is 4.90 Å². The van der Waals surface area contributed by atoms with Crippen molar-refractivity contribution in [2.75, 3.05) is 41.0 Å². The van der Waals surface area contributed by atoms with Gasteiger partial charge in [0.2, 0.25) is 0 Å². The normalized spacial score (nSPS) is 25.5. The van der Waals surface area contributed by atoms with Gasteiger partial charge in [0.25, 0.3) is 0 Å². The predicted molar refractivity (Wildman–Crippen MR) is 140 cm³/mol. The summed E-state index contributed by atoms with van der Waals surface area (Å²) in [6, 6.07) is 14.7. The number of fused-ring (bicyclic) bond motifs is 1. The number of hydrogen-bond acceptors (Lipinski definition) is 6. The number of nitrogens with zero attached hydrogens (tertiary/aromatic N) is 1. The molecule has 1 saturated heterocycles. The molecule has 1 aliphatic heterocycles. The lowest BCUT2D eigenvalue weighted by Gasteiger charge is -2.58. The van der Waals surface area contributed by atoms with Gasteiger partial charge >= 0.3 is 0 Å². The second-order valence-corrected chi connectivity index (χ2v) is 9.83. The molecule has 2 aliphatic carbocycles. The lowest BCUT2D eigenvalue weighted by atomic mass is 9.52. The Balaban J connectivity index is 0.000000203. The minimum Gasteiger partial charge on any atom is -0.497 e. The zero-order valence-electron chi connectivity index (χ0n) is 21.1. The van der Waals surface area contributed by atoms with Gasteiger partial charge in [0.15, 0.2) is 11.5 Å². The molecular weight excluding hydrogens is 466 g/mol. The topological polar surface area (TPSA) is 71.4 Å². The highest BCUT2D eigenvalue weighted by atomic mass is 35.5. The molecule has 0 spiro atoms. The SMILES string of the molecule is COc1ccc2c(c1)[C@@]13CCCC[C@H]1[C@@H](C2)N(C)CC3.COc1ccccc1OCC(O)CO.Cl. The van der Waals surface area contributed by atoms with Gasteiger partial charge in [0.05, 0.1) is 20.8 Å². The van der Waals surface area contributed by atoms with Gasteiger partial charge in [-0.1, -0.05) is 31.0 Å². The molecule has 2 N–H and O–H groups in total. The Labute approximate surface area is 215 Å². The molecule has 2 bridgehead atoms. The second kappa shape index (κ2) is 12.3. The van der Waals surface area contributed by atoms with Crippen LogP contribution in [0.15, 0.2) is 42.5 Å². The maximum absolute atomic E-state index is 9.07. The number of benzene rings is 2. The van der Waals surface area contributed by atoms with Crippen LogP contribution in [0.25, 0.3) is 0 Å². The van der Waals surface area contributed by atoms with E-state index in [-0.39, 0.29) is 25.6 Å². The quantitative estimate of drug-likeness (QED) is 0.612. The van der Waals surface area contributed by atoms with Gasteiger partial charge in [-0.05, 0) is 80.6 Å². The Bertz CT molecular complexity index is 957. The van der Waals surface area contributed by atoms with Crippen molar-refractivity contribution < 1.29 is 24.4 Å². The van der Waals surface area contributed by atoms with Crippen LogP contribution in [0.4, 0.5) is 0 Å². The smallest absolute Gasteiger partial charge is 0.161 e. The highest BCUT2D eigenvalue weighted by Crippen LogP contribution is 2.55. The van der Waals surface area contributed by atoms with Crippen LogP contribution in [-0.4, -0.2) is 68.3 Å². The Kier molecular flexibility index (Phi) is 9.70. The number of rotatable bonds is 6. The number of likely N-dealkylation sites (N-methyl/N-ethyl adjacent to an activating group) is 1. The summed E-state index contributed by atoms with van der Waals surface area (Å²) >= 11 is 0. The van der Waals surface area contributed by atoms with E-state index >= 15 is 0 Å². The summed E-state index contributed by atoms with van der Waals surface area (Å²) in [5.74, 6) is 3.08. The van der Waals surface area contributed by atoms with Crippen molar-refractivity contribution in [3.63, 3.8) is 0 Å². The average Bonchev–Trinajstić information content (AvgIpc) is 2.89. The van der Waals surface area contributed by atoms with Crippen LogP contribution < -0.4 is 14.2 Å². The Morgan fingerprint density at radius 1 is 1.06 bits per heavy atom. The fourth-order valence-electron chi connectivity index (χ4n) is 6.28. The van der Waals surface area contributed by atoms with Crippen molar-refractivity contribution in [3.8, 4) is 17.2 Å². The molecule has 1 heterocycles. The standard InChI is InChI=1S/C18H25NO.C10H14O4.ClH/c1-19-10-9-18-8-4-3-5-15(18)17(19)11-13-6-7-14(20-2)12-16(13)18;1-13-9-4-2-3-5-10(9)14-7-8(12)6-11;/h6-7,12,15,17H,3-5,8-11H2,1-2H3;2-5,8,11-12H,6-7H2,1H3;1H/t15-,17+,18+;;/m0../s1. The van der Waals surface area contributed by atoms with Gasteiger partial charge in [0.1, 0.15) is 18.5 Å². The number of para-hydroxylation sites is 2. The van der Waals surface area contributed by atoms with Crippen LogP contribution in [-0.2, 0) is 11.8 Å². The molecule has 0 radical (unpaired) electrons. The molecule has 3 aliphatic rings. The van der Waals surface area contributed by atoms with Gasteiger partial charge in [-0.15, -0.1) is 12.4 Å². The minimum atomic E-state index is -0.861. The third kappa shape index (κ3) is 5.72. The lowest BCUT2D eigenvalue weighted by molar-refractivity contribution is 0.00274. The molecule has 6 nitrogen and oxygen atoms in total. The Hall–Kier alpha value is -1.99. The molecule has 7 heteroatoms. The van der Waals surface area contributed by atoms with Gasteiger partial charge in [-0.3, -0.25) is 0 Å². The highest BCUT2D eigenvalue weighted by molar-refractivity contribution is 5.85. The highest BCUT2D eigenvalue weighted by Gasteiger charge is 2.53. The zero-order chi connectivity index (χ0) is 24.1. The van der Waals surface area contributed by atoms with E-state index in [1.807, 2.05) is 12.1 Å². The summed E-state index contributed by atoms with van der Waals surface area (Å²) in [6.45, 7) is 1.00. The van der Waals surface area contributed by atoms with Crippen LogP contribution in [0, 0.1) is 5.92 Å². The lowest BCUT2D eigenvalue weighted by Crippen LogP contribution is -2.59. The number of ether oxygens (including phenoxy) is 3. The van der Waals surface area contributed by atoms with E-state index in [4.69, 9.17) is 24.4 Å². The van der Waals surface area contributed by atoms with Crippen LogP contribution in [0.5, 0.6) is 17.2 Å². The number of aliphatic hydroxyl groups is 2. The van der Waals surface area contributed by atoms with Gasteiger partial charge < -0.3 is 29.3 Å². The number of methoxy groups -OCH3 is 2. The maximum Gasteiger partial charge on any atom is 0.161 e. The molecule has 194 valence electrons. The molecule has 1 saturated carbocycles. The number of likely N-dealkylation sites (tertiary alicyclic amines) is 1. The van der Waals surface area contributed by atoms with Crippen LogP contribution in [0.3, 0.4) is 0 Å². The van der Waals surface area contributed by atoms with E-state index in [1.165, 1.54) is 45.1 Å². The van der Waals surface area contributed by atoms with Gasteiger partial charge in [-0.2, -0.15) is 0 Å². The summed E-state index contributed by atoms with van der Waals surface area (Å²) in [5, 5.41) is 17.6. The third-order valence-electron chi connectivity index (χ3n) is 8.03. The first-order chi connectivity index (χ1) is 16.5. The van der Waals surface area contributed by atoms with Crippen LogP contribution >= 0.6 is 12.4 Å². The largest absolute Gasteiger partial charge is 0.497 e. The number of piperidine rings is 1. The zero-order valence-corrected chi connectivity index (χ0v) is 21.9. The van der Waals surface area contributed by atoms with Crippen molar-refractivity contribution in [1.29, 1.82) is 0 Å². The fourth-order valence-corrected chi connectivity index (χ4v) is 6.28. The summed E-state index contributed by atoms with van der Waals surface area (Å²) in [7, 11) is 5.67. The van der Waals surface area contributed by atoms with E-state index < -0.39 is 6.10 Å². The first-order valence-corrected chi connectivity index (χ1v) is 12.4. The summed E-state index contributed by atoms with van der Waals surface area (Å²) < 4.78 is 15.8. The van der Waals surface area contributed by atoms with Crippen LogP contribution in [0.2, 0.25) is 0 Å². The monoisotopic (exact) mass is 505 g/mol. The van der Waals surface area contributed by atoms with E-state index in [9.17, 15) is 0 Å². The maximum atomic E-state index is 9.07. The molecular formula is C28H40ClNO5. The fraction of sp³-hybridized carbons (Fsp3) is 0.571. The third-order valence-corrected chi connectivity index (χ3v) is 8.03. The number of halogens is 1. The number of aliphatic hydroxyl groups excluding tert-OH is 2. The second-order valence-electron chi connectivity index (χ2n) is 9.83. The molecule has 2 aromatic carbocycles. The molecule has 0 aromatic heterocycles. The van der Waals surface area contributed by atoms with Gasteiger partial charge in [0, 0.05) is 11.5 Å². The molecule has 4 atom stereocenters. The van der Waals surface area contributed by atoms with E-state index in [0.29, 0.717) is 16.9 Å². The molecule has 0 amide bonds. The Morgan fingerprint density at radius 3 is 2.54 bits per heavy atom. The van der Waals surface area contributed by atoms with E-state index in [2.05, 4.69) is 30.1 Å². The van der Waals surface area contributed by atoms with Crippen LogP contribution in [0.1, 0.15) is 43.2 Å². The molecule has 1 unspecified atom stereocenters. The summed E-state index contributed by atoms with van der Waals surface area (Å²) in [6.07, 6.45) is 7.36. The van der Waals surface area contributed by atoms with Crippen molar-refractivity contribution in [3.05, 3.63) is 53.6 Å². The van der Waals surface area contributed by atoms with Gasteiger partial charge in [-0.25, -0.2) is 0 Å². The molecule has 2 aromatic rings. The minimum absolute atomic E-state index is 0. The molecule has 2 fully saturated rings.